The number of ether oxygens (including phenoxy) is 1. The molecule has 0 bridgehead atoms. The monoisotopic (exact) mass is 295 g/mol. The van der Waals surface area contributed by atoms with E-state index >= 15 is 0 Å². The zero-order valence-corrected chi connectivity index (χ0v) is 12.3. The summed E-state index contributed by atoms with van der Waals surface area (Å²) in [5.41, 5.74) is 0.737. The molecule has 0 radical (unpaired) electrons. The van der Waals surface area contributed by atoms with E-state index in [2.05, 4.69) is 10.1 Å². The molecule has 0 spiro atoms. The molecule has 1 saturated carbocycles. The molecule has 1 aliphatic carbocycles. The van der Waals surface area contributed by atoms with Crippen molar-refractivity contribution < 1.29 is 14.3 Å². The van der Waals surface area contributed by atoms with E-state index in [-0.39, 0.29) is 24.2 Å². The second-order valence-corrected chi connectivity index (χ2v) is 5.59. The summed E-state index contributed by atoms with van der Waals surface area (Å²) in [4.78, 5) is 23.6. The number of carbonyl (C=O) groups is 2. The molecule has 1 amide bonds. The van der Waals surface area contributed by atoms with Crippen molar-refractivity contribution >= 4 is 23.5 Å². The number of carbonyl (C=O) groups excluding carboxylic acids is 2. The molecule has 1 aromatic carbocycles. The zero-order valence-electron chi connectivity index (χ0n) is 11.6. The first-order valence-corrected chi connectivity index (χ1v) is 7.02. The first-order valence-electron chi connectivity index (χ1n) is 6.64. The van der Waals surface area contributed by atoms with Gasteiger partial charge in [-0.2, -0.15) is 0 Å². The highest BCUT2D eigenvalue weighted by Gasteiger charge is 2.40. The Hall–Kier alpha value is -1.55. The van der Waals surface area contributed by atoms with E-state index in [1.165, 1.54) is 7.11 Å². The number of hydrogen-bond acceptors (Lipinski definition) is 3. The fraction of sp³-hybridized carbons (Fsp3) is 0.467. The Morgan fingerprint density at radius 2 is 2.10 bits per heavy atom. The van der Waals surface area contributed by atoms with Crippen LogP contribution in [0.15, 0.2) is 24.3 Å². The van der Waals surface area contributed by atoms with Crippen LogP contribution in [0.5, 0.6) is 0 Å². The third-order valence-corrected chi connectivity index (χ3v) is 3.99. The summed E-state index contributed by atoms with van der Waals surface area (Å²) in [6, 6.07) is 6.75. The lowest BCUT2D eigenvalue weighted by Gasteiger charge is -2.19. The highest BCUT2D eigenvalue weighted by molar-refractivity contribution is 6.31. The van der Waals surface area contributed by atoms with Gasteiger partial charge in [0.1, 0.15) is 0 Å². The van der Waals surface area contributed by atoms with Crippen LogP contribution in [0, 0.1) is 11.8 Å². The van der Waals surface area contributed by atoms with Crippen LogP contribution in [0.25, 0.3) is 0 Å². The highest BCUT2D eigenvalue weighted by atomic mass is 35.5. The zero-order chi connectivity index (χ0) is 14.7. The van der Waals surface area contributed by atoms with E-state index in [1.54, 1.807) is 6.07 Å². The van der Waals surface area contributed by atoms with Crippen molar-refractivity contribution in [2.24, 2.45) is 11.8 Å². The Kier molecular flexibility index (Phi) is 4.65. The van der Waals surface area contributed by atoms with Gasteiger partial charge in [-0.3, -0.25) is 9.59 Å². The molecule has 5 heteroatoms. The summed E-state index contributed by atoms with van der Waals surface area (Å²) in [5, 5.41) is 3.44. The Morgan fingerprint density at radius 1 is 1.45 bits per heavy atom. The molecule has 0 saturated heterocycles. The highest BCUT2D eigenvalue weighted by Crippen LogP contribution is 2.38. The molecule has 108 valence electrons. The Bertz CT molecular complexity index is 518. The van der Waals surface area contributed by atoms with Gasteiger partial charge in [-0.05, 0) is 24.0 Å². The van der Waals surface area contributed by atoms with Crippen LogP contribution < -0.4 is 5.32 Å². The van der Waals surface area contributed by atoms with Gasteiger partial charge < -0.3 is 10.1 Å². The van der Waals surface area contributed by atoms with Crippen LogP contribution in [0.2, 0.25) is 5.02 Å². The number of rotatable bonds is 5. The summed E-state index contributed by atoms with van der Waals surface area (Å²) < 4.78 is 4.69. The standard InChI is InChI=1S/C15H18ClNO3/c1-9-7-11(9)15(19)17-13(8-14(18)20-2)10-5-3-4-6-12(10)16/h3-6,9,11,13H,7-8H2,1-2H3,(H,17,19)/t9-,11-,13+/m1/s1. The molecule has 0 aliphatic heterocycles. The molecule has 2 rings (SSSR count). The van der Waals surface area contributed by atoms with E-state index in [9.17, 15) is 9.59 Å². The van der Waals surface area contributed by atoms with Crippen molar-refractivity contribution in [3.05, 3.63) is 34.9 Å². The minimum Gasteiger partial charge on any atom is -0.469 e. The van der Waals surface area contributed by atoms with Gasteiger partial charge in [0, 0.05) is 10.9 Å². The number of halogens is 1. The fourth-order valence-corrected chi connectivity index (χ4v) is 2.48. The molecule has 3 atom stereocenters. The molecule has 0 heterocycles. The first-order chi connectivity index (χ1) is 9.52. The summed E-state index contributed by atoms with van der Waals surface area (Å²) in [6.07, 6.45) is 0.979. The number of benzene rings is 1. The second-order valence-electron chi connectivity index (χ2n) is 5.18. The first kappa shape index (κ1) is 14.9. The van der Waals surface area contributed by atoms with E-state index in [0.717, 1.165) is 12.0 Å². The normalized spacial score (nSPS) is 21.9. The van der Waals surface area contributed by atoms with Crippen LogP contribution in [0.1, 0.15) is 31.4 Å². The average molecular weight is 296 g/mol. The van der Waals surface area contributed by atoms with Crippen molar-refractivity contribution in [3.63, 3.8) is 0 Å². The molecular formula is C15H18ClNO3. The van der Waals surface area contributed by atoms with Crippen LogP contribution in [0.3, 0.4) is 0 Å². The lowest BCUT2D eigenvalue weighted by molar-refractivity contribution is -0.141. The summed E-state index contributed by atoms with van der Waals surface area (Å²) in [6.45, 7) is 2.04. The molecule has 1 fully saturated rings. The molecule has 4 nitrogen and oxygen atoms in total. The van der Waals surface area contributed by atoms with Crippen molar-refractivity contribution in [2.45, 2.75) is 25.8 Å². The molecule has 1 N–H and O–H groups in total. The maximum absolute atomic E-state index is 12.1. The van der Waals surface area contributed by atoms with Gasteiger partial charge in [0.2, 0.25) is 5.91 Å². The Balaban J connectivity index is 2.14. The number of hydrogen-bond donors (Lipinski definition) is 1. The topological polar surface area (TPSA) is 55.4 Å². The SMILES string of the molecule is COC(=O)C[C@H](NC(=O)[C@@H]1C[C@H]1C)c1ccccc1Cl. The Morgan fingerprint density at radius 3 is 2.65 bits per heavy atom. The number of methoxy groups -OCH3 is 1. The van der Waals surface area contributed by atoms with Crippen LogP contribution >= 0.6 is 11.6 Å². The fourth-order valence-electron chi connectivity index (χ4n) is 2.21. The third-order valence-electron chi connectivity index (χ3n) is 3.64. The summed E-state index contributed by atoms with van der Waals surface area (Å²) >= 11 is 6.15. The molecule has 1 aliphatic rings. The van der Waals surface area contributed by atoms with Gasteiger partial charge in [0.25, 0.3) is 0 Å². The summed E-state index contributed by atoms with van der Waals surface area (Å²) in [5.74, 6) is 0.0723. The van der Waals surface area contributed by atoms with E-state index < -0.39 is 6.04 Å². The van der Waals surface area contributed by atoms with Crippen molar-refractivity contribution in [1.82, 2.24) is 5.32 Å². The third kappa shape index (κ3) is 3.51. The van der Waals surface area contributed by atoms with Gasteiger partial charge in [-0.15, -0.1) is 0 Å². The lowest BCUT2D eigenvalue weighted by atomic mass is 10.0. The van der Waals surface area contributed by atoms with Gasteiger partial charge in [0.05, 0.1) is 19.6 Å². The smallest absolute Gasteiger partial charge is 0.307 e. The van der Waals surface area contributed by atoms with Crippen molar-refractivity contribution in [3.8, 4) is 0 Å². The quantitative estimate of drug-likeness (QED) is 0.850. The van der Waals surface area contributed by atoms with Gasteiger partial charge in [-0.1, -0.05) is 36.7 Å². The molecule has 0 unspecified atom stereocenters. The minimum absolute atomic E-state index is 0.0219. The van der Waals surface area contributed by atoms with Crippen LogP contribution in [-0.4, -0.2) is 19.0 Å². The molecule has 20 heavy (non-hydrogen) atoms. The van der Waals surface area contributed by atoms with Crippen LogP contribution in [-0.2, 0) is 14.3 Å². The van der Waals surface area contributed by atoms with Gasteiger partial charge >= 0.3 is 5.97 Å². The van der Waals surface area contributed by atoms with Crippen LogP contribution in [0.4, 0.5) is 0 Å². The molecular weight excluding hydrogens is 278 g/mol. The van der Waals surface area contributed by atoms with Gasteiger partial charge in [-0.25, -0.2) is 0 Å². The largest absolute Gasteiger partial charge is 0.469 e. The maximum atomic E-state index is 12.1. The predicted molar refractivity (Wildman–Crippen MR) is 76.2 cm³/mol. The van der Waals surface area contributed by atoms with Crippen molar-refractivity contribution in [2.75, 3.05) is 7.11 Å². The maximum Gasteiger partial charge on any atom is 0.307 e. The number of esters is 1. The second kappa shape index (κ2) is 6.27. The molecule has 0 aromatic heterocycles. The average Bonchev–Trinajstić information content (AvgIpc) is 3.15. The van der Waals surface area contributed by atoms with Crippen molar-refractivity contribution in [1.29, 1.82) is 0 Å². The molecule has 1 aromatic rings. The number of nitrogens with one attached hydrogen (secondary N) is 1. The number of amides is 1. The Labute approximate surface area is 123 Å². The predicted octanol–water partition coefficient (Wildman–Crippen LogP) is 2.72. The minimum atomic E-state index is -0.448. The van der Waals surface area contributed by atoms with E-state index in [0.29, 0.717) is 10.9 Å². The van der Waals surface area contributed by atoms with E-state index in [1.807, 2.05) is 25.1 Å². The van der Waals surface area contributed by atoms with E-state index in [4.69, 9.17) is 11.6 Å². The summed E-state index contributed by atoms with van der Waals surface area (Å²) in [7, 11) is 1.33. The lowest BCUT2D eigenvalue weighted by Crippen LogP contribution is -2.32. The van der Waals surface area contributed by atoms with Gasteiger partial charge in [0.15, 0.2) is 0 Å².